The van der Waals surface area contributed by atoms with E-state index in [0.29, 0.717) is 12.2 Å². The first-order valence-corrected chi connectivity index (χ1v) is 6.45. The van der Waals surface area contributed by atoms with Gasteiger partial charge in [-0.25, -0.2) is 4.79 Å². The number of anilines is 1. The zero-order chi connectivity index (χ0) is 15.2. The van der Waals surface area contributed by atoms with Crippen molar-refractivity contribution in [2.45, 2.75) is 32.9 Å². The summed E-state index contributed by atoms with van der Waals surface area (Å²) in [6, 6.07) is 6.77. The molecule has 6 nitrogen and oxygen atoms in total. The fourth-order valence-corrected chi connectivity index (χ4v) is 1.52. The van der Waals surface area contributed by atoms with Crippen LogP contribution in [0, 0.1) is 0 Å². The van der Waals surface area contributed by atoms with Crippen LogP contribution in [-0.2, 0) is 11.3 Å². The van der Waals surface area contributed by atoms with E-state index in [1.165, 1.54) is 0 Å². The molecule has 0 saturated heterocycles. The van der Waals surface area contributed by atoms with Crippen molar-refractivity contribution in [2.24, 2.45) is 5.73 Å². The van der Waals surface area contributed by atoms with Crippen LogP contribution in [-0.4, -0.2) is 24.0 Å². The van der Waals surface area contributed by atoms with Gasteiger partial charge in [0.05, 0.1) is 6.54 Å². The highest BCUT2D eigenvalue weighted by Gasteiger charge is 2.14. The van der Waals surface area contributed by atoms with E-state index in [9.17, 15) is 9.59 Å². The molecule has 0 bridgehead atoms. The molecule has 0 aliphatic heterocycles. The van der Waals surface area contributed by atoms with Gasteiger partial charge in [-0.3, -0.25) is 4.79 Å². The van der Waals surface area contributed by atoms with Crippen LogP contribution in [0.3, 0.4) is 0 Å². The standard InChI is InChI=1S/C14H22N4O2/c1-14(2,3)18-12(19)9-16-13(20)17-11-6-4-10(8-15)5-7-11/h4-7H,8-9,15H2,1-3H3,(H,18,19)(H2,16,17,20). The SMILES string of the molecule is CC(C)(C)NC(=O)CNC(=O)Nc1ccc(CN)cc1. The van der Waals surface area contributed by atoms with Crippen LogP contribution in [0.1, 0.15) is 26.3 Å². The minimum Gasteiger partial charge on any atom is -0.350 e. The maximum Gasteiger partial charge on any atom is 0.319 e. The van der Waals surface area contributed by atoms with Crippen molar-refractivity contribution >= 4 is 17.6 Å². The van der Waals surface area contributed by atoms with E-state index in [0.717, 1.165) is 5.56 Å². The summed E-state index contributed by atoms with van der Waals surface area (Å²) in [5, 5.41) is 7.89. The Kier molecular flexibility index (Phi) is 5.52. The summed E-state index contributed by atoms with van der Waals surface area (Å²) in [6.45, 7) is 6.03. The first-order chi connectivity index (χ1) is 9.30. The van der Waals surface area contributed by atoms with Crippen LogP contribution in [0.25, 0.3) is 0 Å². The lowest BCUT2D eigenvalue weighted by atomic mass is 10.1. The predicted octanol–water partition coefficient (Wildman–Crippen LogP) is 1.18. The van der Waals surface area contributed by atoms with Gasteiger partial charge >= 0.3 is 6.03 Å². The summed E-state index contributed by atoms with van der Waals surface area (Å²) in [6.07, 6.45) is 0. The molecule has 0 radical (unpaired) electrons. The lowest BCUT2D eigenvalue weighted by Gasteiger charge is -2.20. The van der Waals surface area contributed by atoms with Crippen molar-refractivity contribution in [3.8, 4) is 0 Å². The number of rotatable bonds is 4. The highest BCUT2D eigenvalue weighted by Crippen LogP contribution is 2.08. The number of carbonyl (C=O) groups excluding carboxylic acids is 2. The largest absolute Gasteiger partial charge is 0.350 e. The molecular weight excluding hydrogens is 256 g/mol. The van der Waals surface area contributed by atoms with Crippen molar-refractivity contribution in [3.05, 3.63) is 29.8 Å². The molecule has 6 heteroatoms. The predicted molar refractivity (Wildman–Crippen MR) is 79.3 cm³/mol. The Morgan fingerprint density at radius 3 is 2.25 bits per heavy atom. The Labute approximate surface area is 119 Å². The van der Waals surface area contributed by atoms with Crippen LogP contribution in [0.2, 0.25) is 0 Å². The van der Waals surface area contributed by atoms with Crippen LogP contribution in [0.5, 0.6) is 0 Å². The fraction of sp³-hybridized carbons (Fsp3) is 0.429. The van der Waals surface area contributed by atoms with Gasteiger partial charge in [0.25, 0.3) is 0 Å². The quantitative estimate of drug-likeness (QED) is 0.666. The zero-order valence-corrected chi connectivity index (χ0v) is 12.1. The number of nitrogens with one attached hydrogen (secondary N) is 3. The van der Waals surface area contributed by atoms with Crippen molar-refractivity contribution in [1.29, 1.82) is 0 Å². The molecule has 0 heterocycles. The molecule has 0 atom stereocenters. The van der Waals surface area contributed by atoms with Crippen molar-refractivity contribution in [1.82, 2.24) is 10.6 Å². The molecule has 5 N–H and O–H groups in total. The Morgan fingerprint density at radius 2 is 1.75 bits per heavy atom. The van der Waals surface area contributed by atoms with Crippen LogP contribution in [0.15, 0.2) is 24.3 Å². The van der Waals surface area contributed by atoms with Gasteiger partial charge in [0.1, 0.15) is 0 Å². The number of benzene rings is 1. The second-order valence-electron chi connectivity index (χ2n) is 5.51. The Bertz CT molecular complexity index is 463. The van der Waals surface area contributed by atoms with E-state index in [1.807, 2.05) is 32.9 Å². The molecule has 1 rings (SSSR count). The summed E-state index contributed by atoms with van der Waals surface area (Å²) >= 11 is 0. The highest BCUT2D eigenvalue weighted by molar-refractivity contribution is 5.92. The summed E-state index contributed by atoms with van der Waals surface area (Å²) < 4.78 is 0. The molecule has 3 amide bonds. The Balaban J connectivity index is 2.38. The monoisotopic (exact) mass is 278 g/mol. The highest BCUT2D eigenvalue weighted by atomic mass is 16.2. The van der Waals surface area contributed by atoms with Gasteiger partial charge in [-0.1, -0.05) is 12.1 Å². The third-order valence-electron chi connectivity index (χ3n) is 2.37. The maximum atomic E-state index is 11.6. The molecule has 0 aliphatic rings. The number of carbonyl (C=O) groups is 2. The van der Waals surface area contributed by atoms with Crippen LogP contribution < -0.4 is 21.7 Å². The van der Waals surface area contributed by atoms with Crippen LogP contribution in [0.4, 0.5) is 10.5 Å². The van der Waals surface area contributed by atoms with E-state index < -0.39 is 6.03 Å². The molecule has 0 unspecified atom stereocenters. The van der Waals surface area contributed by atoms with E-state index >= 15 is 0 Å². The minimum atomic E-state index is -0.422. The molecular formula is C14H22N4O2. The lowest BCUT2D eigenvalue weighted by molar-refractivity contribution is -0.121. The molecule has 110 valence electrons. The van der Waals surface area contributed by atoms with Crippen LogP contribution >= 0.6 is 0 Å². The molecule has 20 heavy (non-hydrogen) atoms. The number of hydrogen-bond donors (Lipinski definition) is 4. The first-order valence-electron chi connectivity index (χ1n) is 6.45. The summed E-state index contributed by atoms with van der Waals surface area (Å²) in [4.78, 5) is 23.1. The number of amides is 3. The molecule has 0 spiro atoms. The van der Waals surface area contributed by atoms with Crippen molar-refractivity contribution in [3.63, 3.8) is 0 Å². The summed E-state index contributed by atoms with van der Waals surface area (Å²) in [7, 11) is 0. The van der Waals surface area contributed by atoms with Crippen molar-refractivity contribution in [2.75, 3.05) is 11.9 Å². The van der Waals surface area contributed by atoms with Gasteiger partial charge in [-0.05, 0) is 38.5 Å². The molecule has 0 saturated carbocycles. The third-order valence-corrected chi connectivity index (χ3v) is 2.37. The smallest absolute Gasteiger partial charge is 0.319 e. The normalized spacial score (nSPS) is 10.8. The number of nitrogens with two attached hydrogens (primary N) is 1. The first kappa shape index (κ1) is 16.0. The zero-order valence-electron chi connectivity index (χ0n) is 12.1. The average molecular weight is 278 g/mol. The van der Waals surface area contributed by atoms with Gasteiger partial charge in [-0.15, -0.1) is 0 Å². The van der Waals surface area contributed by atoms with Gasteiger partial charge in [-0.2, -0.15) is 0 Å². The lowest BCUT2D eigenvalue weighted by Crippen LogP contribution is -2.46. The minimum absolute atomic E-state index is 0.0655. The van der Waals surface area contributed by atoms with E-state index in [2.05, 4.69) is 16.0 Å². The van der Waals surface area contributed by atoms with Crippen molar-refractivity contribution < 1.29 is 9.59 Å². The maximum absolute atomic E-state index is 11.6. The van der Waals surface area contributed by atoms with Gasteiger partial charge in [0.15, 0.2) is 0 Å². The summed E-state index contributed by atoms with van der Waals surface area (Å²) in [5.74, 6) is -0.230. The number of hydrogen-bond acceptors (Lipinski definition) is 3. The van der Waals surface area contributed by atoms with E-state index in [1.54, 1.807) is 12.1 Å². The number of urea groups is 1. The van der Waals surface area contributed by atoms with Gasteiger partial charge in [0, 0.05) is 17.8 Å². The van der Waals surface area contributed by atoms with E-state index in [-0.39, 0.29) is 18.0 Å². The Morgan fingerprint density at radius 1 is 1.15 bits per heavy atom. The molecule has 0 aliphatic carbocycles. The topological polar surface area (TPSA) is 96.2 Å². The molecule has 0 fully saturated rings. The second-order valence-corrected chi connectivity index (χ2v) is 5.51. The van der Waals surface area contributed by atoms with E-state index in [4.69, 9.17) is 5.73 Å². The average Bonchev–Trinajstić information content (AvgIpc) is 2.35. The Hall–Kier alpha value is -2.08. The molecule has 1 aromatic carbocycles. The molecule has 1 aromatic rings. The second kappa shape index (κ2) is 6.91. The fourth-order valence-electron chi connectivity index (χ4n) is 1.52. The molecule has 0 aromatic heterocycles. The van der Waals surface area contributed by atoms with Gasteiger partial charge < -0.3 is 21.7 Å². The van der Waals surface area contributed by atoms with Gasteiger partial charge in [0.2, 0.25) is 5.91 Å². The summed E-state index contributed by atoms with van der Waals surface area (Å²) in [5.41, 5.74) is 6.81. The third kappa shape index (κ3) is 6.19.